The fraction of sp³-hybridized carbons (Fsp3) is 0.500. The van der Waals surface area contributed by atoms with Crippen molar-refractivity contribution in [1.82, 2.24) is 0 Å². The number of benzene rings is 1. The highest BCUT2D eigenvalue weighted by atomic mass is 32.1. The van der Waals surface area contributed by atoms with Crippen molar-refractivity contribution in [3.05, 3.63) is 45.3 Å². The Balaban J connectivity index is 1.82. The second kappa shape index (κ2) is 9.65. The summed E-state index contributed by atoms with van der Waals surface area (Å²) in [4.78, 5) is 26.7. The van der Waals surface area contributed by atoms with E-state index in [1.807, 2.05) is 19.1 Å². The molecule has 0 saturated carbocycles. The SMILES string of the molecule is CCOC(=O)c1c(NC(=O)[C@@H](C)Oc2cc(C)ccc2C(C)C)sc2c1CCCC2. The topological polar surface area (TPSA) is 64.6 Å². The molecule has 1 N–H and O–H groups in total. The van der Waals surface area contributed by atoms with Gasteiger partial charge in [-0.05, 0) is 75.1 Å². The van der Waals surface area contributed by atoms with Crippen LogP contribution >= 0.6 is 11.3 Å². The van der Waals surface area contributed by atoms with E-state index in [0.717, 1.165) is 48.1 Å². The minimum absolute atomic E-state index is 0.268. The molecule has 1 heterocycles. The summed E-state index contributed by atoms with van der Waals surface area (Å²) in [6.07, 6.45) is 3.25. The first-order valence-corrected chi connectivity index (χ1v) is 11.5. The Kier molecular flexibility index (Phi) is 7.19. The van der Waals surface area contributed by atoms with Gasteiger partial charge in [0, 0.05) is 4.88 Å². The Morgan fingerprint density at radius 3 is 2.60 bits per heavy atom. The molecule has 162 valence electrons. The number of ether oxygens (including phenoxy) is 2. The Hall–Kier alpha value is -2.34. The third-order valence-corrected chi connectivity index (χ3v) is 6.56. The smallest absolute Gasteiger partial charge is 0.341 e. The average molecular weight is 430 g/mol. The number of thiophene rings is 1. The van der Waals surface area contributed by atoms with Crippen LogP contribution in [-0.4, -0.2) is 24.6 Å². The van der Waals surface area contributed by atoms with Gasteiger partial charge in [-0.2, -0.15) is 0 Å². The number of esters is 1. The summed E-state index contributed by atoms with van der Waals surface area (Å²) in [5.41, 5.74) is 3.71. The van der Waals surface area contributed by atoms with Crippen LogP contribution in [0.5, 0.6) is 5.75 Å². The molecule has 3 rings (SSSR count). The number of hydrogen-bond donors (Lipinski definition) is 1. The minimum atomic E-state index is -0.696. The molecule has 6 heteroatoms. The molecule has 1 aliphatic carbocycles. The monoisotopic (exact) mass is 429 g/mol. The van der Waals surface area contributed by atoms with Gasteiger partial charge in [-0.1, -0.05) is 26.0 Å². The molecule has 0 radical (unpaired) electrons. The van der Waals surface area contributed by atoms with Crippen LogP contribution in [0, 0.1) is 6.92 Å². The second-order valence-corrected chi connectivity index (χ2v) is 9.19. The van der Waals surface area contributed by atoms with Gasteiger partial charge in [0.15, 0.2) is 6.10 Å². The lowest BCUT2D eigenvalue weighted by molar-refractivity contribution is -0.122. The molecule has 2 aromatic rings. The number of rotatable bonds is 7. The zero-order valence-electron chi connectivity index (χ0n) is 18.5. The number of hydrogen-bond acceptors (Lipinski definition) is 5. The zero-order valence-corrected chi connectivity index (χ0v) is 19.3. The molecule has 0 spiro atoms. The van der Waals surface area contributed by atoms with Crippen LogP contribution in [0.2, 0.25) is 0 Å². The summed E-state index contributed by atoms with van der Waals surface area (Å²) < 4.78 is 11.3. The van der Waals surface area contributed by atoms with E-state index in [-0.39, 0.29) is 17.8 Å². The molecule has 1 aliphatic rings. The summed E-state index contributed by atoms with van der Waals surface area (Å²) in [5.74, 6) is 0.385. The number of fused-ring (bicyclic) bond motifs is 1. The summed E-state index contributed by atoms with van der Waals surface area (Å²) >= 11 is 1.49. The van der Waals surface area contributed by atoms with E-state index in [9.17, 15) is 9.59 Å². The second-order valence-electron chi connectivity index (χ2n) is 8.08. The van der Waals surface area contributed by atoms with Crippen molar-refractivity contribution < 1.29 is 19.1 Å². The fourth-order valence-electron chi connectivity index (χ4n) is 3.75. The van der Waals surface area contributed by atoms with Crippen molar-refractivity contribution in [2.45, 2.75) is 72.3 Å². The highest BCUT2D eigenvalue weighted by Crippen LogP contribution is 2.39. The van der Waals surface area contributed by atoms with Crippen molar-refractivity contribution in [3.8, 4) is 5.75 Å². The van der Waals surface area contributed by atoms with Crippen molar-refractivity contribution in [3.63, 3.8) is 0 Å². The molecule has 0 aliphatic heterocycles. The summed E-state index contributed by atoms with van der Waals surface area (Å²) in [7, 11) is 0. The number of amides is 1. The van der Waals surface area contributed by atoms with Gasteiger partial charge in [0.25, 0.3) is 5.91 Å². The first-order valence-electron chi connectivity index (χ1n) is 10.7. The van der Waals surface area contributed by atoms with E-state index in [2.05, 4.69) is 25.2 Å². The first kappa shape index (κ1) is 22.3. The Morgan fingerprint density at radius 1 is 1.17 bits per heavy atom. The standard InChI is InChI=1S/C24H31NO4S/c1-6-28-24(27)21-18-9-7-8-10-20(18)30-23(21)25-22(26)16(5)29-19-13-15(4)11-12-17(19)14(2)3/h11-14,16H,6-10H2,1-5H3,(H,25,26)/t16-/m1/s1. The number of carbonyl (C=O) groups is 2. The van der Waals surface area contributed by atoms with Crippen LogP contribution in [0.1, 0.15) is 78.4 Å². The van der Waals surface area contributed by atoms with Gasteiger partial charge in [0.2, 0.25) is 0 Å². The number of carbonyl (C=O) groups excluding carboxylic acids is 2. The van der Waals surface area contributed by atoms with Crippen molar-refractivity contribution in [2.75, 3.05) is 11.9 Å². The number of aryl methyl sites for hydroxylation is 2. The third-order valence-electron chi connectivity index (χ3n) is 5.35. The van der Waals surface area contributed by atoms with E-state index >= 15 is 0 Å². The third kappa shape index (κ3) is 4.86. The zero-order chi connectivity index (χ0) is 21.8. The predicted octanol–water partition coefficient (Wildman–Crippen LogP) is 5.64. The molecular weight excluding hydrogens is 398 g/mol. The largest absolute Gasteiger partial charge is 0.481 e. The van der Waals surface area contributed by atoms with Crippen molar-refractivity contribution in [1.29, 1.82) is 0 Å². The molecule has 30 heavy (non-hydrogen) atoms. The van der Waals surface area contributed by atoms with Gasteiger partial charge in [0.05, 0.1) is 12.2 Å². The lowest BCUT2D eigenvalue weighted by Gasteiger charge is -2.19. The van der Waals surface area contributed by atoms with Gasteiger partial charge in [-0.3, -0.25) is 4.79 Å². The van der Waals surface area contributed by atoms with Crippen molar-refractivity contribution in [2.24, 2.45) is 0 Å². The highest BCUT2D eigenvalue weighted by Gasteiger charge is 2.28. The molecule has 1 atom stereocenters. The molecule has 1 amide bonds. The van der Waals surface area contributed by atoms with E-state index in [4.69, 9.17) is 9.47 Å². The average Bonchev–Trinajstić information content (AvgIpc) is 3.05. The normalized spacial score (nSPS) is 14.2. The van der Waals surface area contributed by atoms with Crippen LogP contribution in [0.3, 0.4) is 0 Å². The number of nitrogens with one attached hydrogen (secondary N) is 1. The van der Waals surface area contributed by atoms with E-state index in [0.29, 0.717) is 17.2 Å². The van der Waals surface area contributed by atoms with E-state index in [1.165, 1.54) is 16.2 Å². The molecule has 1 aromatic carbocycles. The summed E-state index contributed by atoms with van der Waals surface area (Å²) in [6, 6.07) is 6.06. The summed E-state index contributed by atoms with van der Waals surface area (Å²) in [6.45, 7) is 10.0. The molecule has 0 fully saturated rings. The maximum atomic E-state index is 12.9. The summed E-state index contributed by atoms with van der Waals surface area (Å²) in [5, 5.41) is 3.52. The maximum absolute atomic E-state index is 12.9. The molecular formula is C24H31NO4S. The predicted molar refractivity (Wildman–Crippen MR) is 121 cm³/mol. The Labute approximate surface area is 182 Å². The van der Waals surface area contributed by atoms with Crippen LogP contribution in [-0.2, 0) is 22.4 Å². The van der Waals surface area contributed by atoms with E-state index < -0.39 is 6.10 Å². The highest BCUT2D eigenvalue weighted by molar-refractivity contribution is 7.17. The fourth-order valence-corrected chi connectivity index (χ4v) is 5.03. The van der Waals surface area contributed by atoms with Crippen LogP contribution in [0.4, 0.5) is 5.00 Å². The molecule has 0 saturated heterocycles. The lowest BCUT2D eigenvalue weighted by Crippen LogP contribution is -2.30. The molecule has 5 nitrogen and oxygen atoms in total. The van der Waals surface area contributed by atoms with Crippen LogP contribution < -0.4 is 10.1 Å². The molecule has 1 aromatic heterocycles. The van der Waals surface area contributed by atoms with Gasteiger partial charge in [-0.15, -0.1) is 11.3 Å². The first-order chi connectivity index (χ1) is 14.3. The number of anilines is 1. The molecule has 0 unspecified atom stereocenters. The van der Waals surface area contributed by atoms with Crippen molar-refractivity contribution >= 4 is 28.2 Å². The quantitative estimate of drug-likeness (QED) is 0.578. The van der Waals surface area contributed by atoms with Gasteiger partial charge >= 0.3 is 5.97 Å². The molecule has 0 bridgehead atoms. The Morgan fingerprint density at radius 2 is 1.90 bits per heavy atom. The van der Waals surface area contributed by atoms with Crippen LogP contribution in [0.25, 0.3) is 0 Å². The van der Waals surface area contributed by atoms with E-state index in [1.54, 1.807) is 13.8 Å². The van der Waals surface area contributed by atoms with Gasteiger partial charge in [0.1, 0.15) is 10.8 Å². The van der Waals surface area contributed by atoms with Gasteiger partial charge in [-0.25, -0.2) is 4.79 Å². The lowest BCUT2D eigenvalue weighted by atomic mass is 9.95. The van der Waals surface area contributed by atoms with Crippen LogP contribution in [0.15, 0.2) is 18.2 Å². The Bertz CT molecular complexity index is 932. The minimum Gasteiger partial charge on any atom is -0.481 e. The van der Waals surface area contributed by atoms with Gasteiger partial charge < -0.3 is 14.8 Å². The maximum Gasteiger partial charge on any atom is 0.341 e.